The summed E-state index contributed by atoms with van der Waals surface area (Å²) in [6, 6.07) is 12.3. The van der Waals surface area contributed by atoms with Gasteiger partial charge in [0, 0.05) is 6.42 Å². The highest BCUT2D eigenvalue weighted by Gasteiger charge is 2.12. The maximum absolute atomic E-state index is 12.0. The van der Waals surface area contributed by atoms with Gasteiger partial charge in [-0.1, -0.05) is 24.3 Å². The van der Waals surface area contributed by atoms with Crippen LogP contribution in [-0.4, -0.2) is 33.3 Å². The van der Waals surface area contributed by atoms with E-state index in [9.17, 15) is 9.59 Å². The van der Waals surface area contributed by atoms with Crippen LogP contribution in [-0.2, 0) is 27.3 Å². The minimum atomic E-state index is -0.402. The monoisotopic (exact) mass is 358 g/mol. The van der Waals surface area contributed by atoms with Crippen molar-refractivity contribution in [2.75, 3.05) is 21.3 Å². The molecule has 0 spiro atoms. The van der Waals surface area contributed by atoms with Crippen molar-refractivity contribution in [3.05, 3.63) is 59.2 Å². The number of aryl methyl sites for hydroxylation is 1. The Morgan fingerprint density at radius 2 is 1.65 bits per heavy atom. The number of benzene rings is 2. The van der Waals surface area contributed by atoms with E-state index in [-0.39, 0.29) is 19.0 Å². The Balaban J connectivity index is 1.87. The first-order chi connectivity index (χ1) is 12.6. The number of rotatable bonds is 8. The van der Waals surface area contributed by atoms with Gasteiger partial charge in [-0.05, 0) is 35.7 Å². The lowest BCUT2D eigenvalue weighted by Crippen LogP contribution is -2.07. The molecule has 2 aromatic carbocycles. The SMILES string of the molecule is COC(=O)c1ccc(COC(=O)CCc2cccc(OC)c2OC)cc1. The number of para-hydroxylation sites is 1. The molecule has 0 bridgehead atoms. The van der Waals surface area contributed by atoms with Gasteiger partial charge in [-0.3, -0.25) is 4.79 Å². The van der Waals surface area contributed by atoms with E-state index in [1.54, 1.807) is 44.6 Å². The lowest BCUT2D eigenvalue weighted by Gasteiger charge is -2.12. The third kappa shape index (κ3) is 4.99. The van der Waals surface area contributed by atoms with Crippen molar-refractivity contribution < 1.29 is 28.5 Å². The van der Waals surface area contributed by atoms with Gasteiger partial charge in [-0.25, -0.2) is 4.79 Å². The van der Waals surface area contributed by atoms with Crippen LogP contribution in [0.1, 0.15) is 27.9 Å². The van der Waals surface area contributed by atoms with Crippen LogP contribution >= 0.6 is 0 Å². The molecule has 6 nitrogen and oxygen atoms in total. The topological polar surface area (TPSA) is 71.1 Å². The lowest BCUT2D eigenvalue weighted by atomic mass is 10.1. The third-order valence-corrected chi connectivity index (χ3v) is 3.86. The Morgan fingerprint density at radius 1 is 0.923 bits per heavy atom. The van der Waals surface area contributed by atoms with Gasteiger partial charge in [-0.15, -0.1) is 0 Å². The lowest BCUT2D eigenvalue weighted by molar-refractivity contribution is -0.144. The molecule has 0 aliphatic carbocycles. The Morgan fingerprint density at radius 3 is 2.27 bits per heavy atom. The minimum Gasteiger partial charge on any atom is -0.493 e. The average molecular weight is 358 g/mol. The Bertz CT molecular complexity index is 751. The highest BCUT2D eigenvalue weighted by molar-refractivity contribution is 5.89. The molecular weight excluding hydrogens is 336 g/mol. The van der Waals surface area contributed by atoms with E-state index in [4.69, 9.17) is 14.2 Å². The predicted molar refractivity (Wildman–Crippen MR) is 95.4 cm³/mol. The molecule has 2 aromatic rings. The zero-order valence-corrected chi connectivity index (χ0v) is 15.1. The summed E-state index contributed by atoms with van der Waals surface area (Å²) in [4.78, 5) is 23.4. The molecule has 0 aromatic heterocycles. The first-order valence-electron chi connectivity index (χ1n) is 8.11. The fourth-order valence-corrected chi connectivity index (χ4v) is 2.48. The van der Waals surface area contributed by atoms with Gasteiger partial charge in [-0.2, -0.15) is 0 Å². The number of hydrogen-bond acceptors (Lipinski definition) is 6. The fraction of sp³-hybridized carbons (Fsp3) is 0.300. The van der Waals surface area contributed by atoms with E-state index >= 15 is 0 Å². The first kappa shape index (κ1) is 19.3. The summed E-state index contributed by atoms with van der Waals surface area (Å²) >= 11 is 0. The Kier molecular flexibility index (Phi) is 7.02. The van der Waals surface area contributed by atoms with Crippen LogP contribution in [0, 0.1) is 0 Å². The fourth-order valence-electron chi connectivity index (χ4n) is 2.48. The maximum Gasteiger partial charge on any atom is 0.337 e. The van der Waals surface area contributed by atoms with Crippen molar-refractivity contribution in [3.63, 3.8) is 0 Å². The molecule has 138 valence electrons. The summed E-state index contributed by atoms with van der Waals surface area (Å²) in [5.41, 5.74) is 2.13. The van der Waals surface area contributed by atoms with E-state index in [0.29, 0.717) is 23.5 Å². The molecule has 0 saturated carbocycles. The summed E-state index contributed by atoms with van der Waals surface area (Å²) in [5.74, 6) is 0.540. The zero-order chi connectivity index (χ0) is 18.9. The molecule has 0 saturated heterocycles. The van der Waals surface area contributed by atoms with Crippen molar-refractivity contribution in [3.8, 4) is 11.5 Å². The second-order valence-electron chi connectivity index (χ2n) is 5.50. The van der Waals surface area contributed by atoms with Crippen molar-refractivity contribution >= 4 is 11.9 Å². The number of carbonyl (C=O) groups is 2. The molecule has 26 heavy (non-hydrogen) atoms. The predicted octanol–water partition coefficient (Wildman–Crippen LogP) is 3.17. The van der Waals surface area contributed by atoms with Crippen LogP contribution in [0.4, 0.5) is 0 Å². The third-order valence-electron chi connectivity index (χ3n) is 3.86. The second kappa shape index (κ2) is 9.46. The first-order valence-corrected chi connectivity index (χ1v) is 8.11. The van der Waals surface area contributed by atoms with E-state index < -0.39 is 5.97 Å². The Hall–Kier alpha value is -3.02. The number of esters is 2. The molecule has 0 N–H and O–H groups in total. The number of methoxy groups -OCH3 is 3. The molecule has 6 heteroatoms. The molecule has 0 amide bonds. The van der Waals surface area contributed by atoms with Gasteiger partial charge < -0.3 is 18.9 Å². The average Bonchev–Trinajstić information content (AvgIpc) is 2.69. The van der Waals surface area contributed by atoms with Crippen LogP contribution in [0.2, 0.25) is 0 Å². The zero-order valence-electron chi connectivity index (χ0n) is 15.1. The second-order valence-corrected chi connectivity index (χ2v) is 5.50. The van der Waals surface area contributed by atoms with Crippen LogP contribution in [0.3, 0.4) is 0 Å². The number of ether oxygens (including phenoxy) is 4. The maximum atomic E-state index is 12.0. The smallest absolute Gasteiger partial charge is 0.337 e. The van der Waals surface area contributed by atoms with Crippen LogP contribution in [0.5, 0.6) is 11.5 Å². The van der Waals surface area contributed by atoms with Gasteiger partial charge in [0.15, 0.2) is 11.5 Å². The van der Waals surface area contributed by atoms with Gasteiger partial charge in [0.05, 0.1) is 26.9 Å². The van der Waals surface area contributed by atoms with Crippen molar-refractivity contribution in [2.45, 2.75) is 19.4 Å². The van der Waals surface area contributed by atoms with Crippen molar-refractivity contribution in [1.29, 1.82) is 0 Å². The highest BCUT2D eigenvalue weighted by Crippen LogP contribution is 2.31. The molecule has 0 atom stereocenters. The molecule has 0 fully saturated rings. The normalized spacial score (nSPS) is 10.1. The molecule has 0 heterocycles. The van der Waals surface area contributed by atoms with Gasteiger partial charge in [0.25, 0.3) is 0 Å². The van der Waals surface area contributed by atoms with E-state index in [1.807, 2.05) is 12.1 Å². The van der Waals surface area contributed by atoms with Crippen LogP contribution in [0.15, 0.2) is 42.5 Å². The van der Waals surface area contributed by atoms with Gasteiger partial charge >= 0.3 is 11.9 Å². The van der Waals surface area contributed by atoms with E-state index in [2.05, 4.69) is 4.74 Å². The van der Waals surface area contributed by atoms with E-state index in [1.165, 1.54) is 7.11 Å². The highest BCUT2D eigenvalue weighted by atomic mass is 16.5. The van der Waals surface area contributed by atoms with Gasteiger partial charge in [0.1, 0.15) is 6.61 Å². The summed E-state index contributed by atoms with van der Waals surface area (Å²) < 4.78 is 20.5. The minimum absolute atomic E-state index is 0.148. The summed E-state index contributed by atoms with van der Waals surface area (Å²) in [6.07, 6.45) is 0.713. The quantitative estimate of drug-likeness (QED) is 0.675. The molecule has 2 rings (SSSR count). The summed E-state index contributed by atoms with van der Waals surface area (Å²) in [5, 5.41) is 0. The van der Waals surface area contributed by atoms with Crippen LogP contribution < -0.4 is 9.47 Å². The van der Waals surface area contributed by atoms with Crippen molar-refractivity contribution in [1.82, 2.24) is 0 Å². The molecule has 0 radical (unpaired) electrons. The molecule has 0 unspecified atom stereocenters. The Labute approximate surface area is 152 Å². The number of carbonyl (C=O) groups excluding carboxylic acids is 2. The number of hydrogen-bond donors (Lipinski definition) is 0. The largest absolute Gasteiger partial charge is 0.493 e. The summed E-state index contributed by atoms with van der Waals surface area (Å²) in [6.45, 7) is 0.148. The molecule has 0 aliphatic rings. The summed E-state index contributed by atoms with van der Waals surface area (Å²) in [7, 11) is 4.47. The molecule has 0 aliphatic heterocycles. The van der Waals surface area contributed by atoms with Gasteiger partial charge in [0.2, 0.25) is 0 Å². The van der Waals surface area contributed by atoms with Crippen LogP contribution in [0.25, 0.3) is 0 Å². The van der Waals surface area contributed by atoms with Crippen molar-refractivity contribution in [2.24, 2.45) is 0 Å². The van der Waals surface area contributed by atoms with E-state index in [0.717, 1.165) is 11.1 Å². The standard InChI is InChI=1S/C20H22O6/c1-23-17-6-4-5-15(19(17)24-2)11-12-18(21)26-13-14-7-9-16(10-8-14)20(22)25-3/h4-10H,11-13H2,1-3H3. The molecular formula is C20H22O6.